The van der Waals surface area contributed by atoms with Gasteiger partial charge in [0.2, 0.25) is 0 Å². The van der Waals surface area contributed by atoms with E-state index >= 15 is 0 Å². The molecule has 0 radical (unpaired) electrons. The minimum Gasteiger partial charge on any atom is -0.496 e. The highest BCUT2D eigenvalue weighted by Gasteiger charge is 2.53. The van der Waals surface area contributed by atoms with Crippen LogP contribution in [-0.2, 0) is 14.3 Å². The highest BCUT2D eigenvalue weighted by atomic mass is 16.5. The first kappa shape index (κ1) is 30.9. The number of carboxylic acid groups (broad SMARTS) is 1. The minimum atomic E-state index is -1.42. The zero-order valence-electron chi connectivity index (χ0n) is 24.1. The number of carbonyl (C=O) groups excluding carboxylic acids is 2. The third kappa shape index (κ3) is 6.92. The number of amides is 2. The summed E-state index contributed by atoms with van der Waals surface area (Å²) in [6.07, 6.45) is -0.0725. The molecule has 0 spiro atoms. The van der Waals surface area contributed by atoms with Crippen molar-refractivity contribution in [3.05, 3.63) is 59.2 Å². The topological polar surface area (TPSA) is 124 Å². The van der Waals surface area contributed by atoms with E-state index in [9.17, 15) is 19.5 Å². The van der Waals surface area contributed by atoms with Crippen LogP contribution >= 0.6 is 0 Å². The number of benzene rings is 2. The van der Waals surface area contributed by atoms with E-state index in [1.165, 1.54) is 26.0 Å². The number of carboxylic acids is 1. The molecule has 40 heavy (non-hydrogen) atoms. The van der Waals surface area contributed by atoms with Gasteiger partial charge in [-0.15, -0.1) is 0 Å². The molecule has 2 atom stereocenters. The van der Waals surface area contributed by atoms with E-state index in [0.717, 1.165) is 5.56 Å². The number of rotatable bonds is 14. The number of urea groups is 1. The van der Waals surface area contributed by atoms with Gasteiger partial charge < -0.3 is 34.3 Å². The molecule has 10 nitrogen and oxygen atoms in total. The number of nitrogens with one attached hydrogen (secondary N) is 1. The number of nitrogens with zero attached hydrogens (tertiary/aromatic N) is 1. The molecule has 0 aromatic heterocycles. The molecule has 218 valence electrons. The molecule has 1 aliphatic carbocycles. The van der Waals surface area contributed by atoms with Gasteiger partial charge in [0.1, 0.15) is 22.6 Å². The fourth-order valence-electron chi connectivity index (χ4n) is 5.00. The van der Waals surface area contributed by atoms with Crippen LogP contribution < -0.4 is 14.8 Å². The zero-order chi connectivity index (χ0) is 29.4. The van der Waals surface area contributed by atoms with Crippen LogP contribution in [0.5, 0.6) is 11.5 Å². The lowest BCUT2D eigenvalue weighted by Gasteiger charge is -2.45. The standard InChI is InChI=1S/C30H40N2O8/c1-7-39-24-17-30(18-24,28(34)35)31-29(36)32(13-14-40-21(4)22-11-9-8-10-12-22)19(2)23-15-25(37-5)27(20(3)33)26(16-23)38-6/h8-12,15-16,19,21,24H,7,13-14,17-18H2,1-6H3,(H,31,36)(H,34,35)/t19?,21-,24?,30?/m0/s1. The number of hydrogen-bond donors (Lipinski definition) is 2. The van der Waals surface area contributed by atoms with Crippen LogP contribution in [0.4, 0.5) is 4.79 Å². The fourth-order valence-corrected chi connectivity index (χ4v) is 5.00. The summed E-state index contributed by atoms with van der Waals surface area (Å²) in [6, 6.07) is 12.0. The average Bonchev–Trinajstić information content (AvgIpc) is 2.92. The third-order valence-corrected chi connectivity index (χ3v) is 7.37. The van der Waals surface area contributed by atoms with Crippen LogP contribution in [0.15, 0.2) is 42.5 Å². The molecule has 0 aliphatic heterocycles. The van der Waals surface area contributed by atoms with E-state index in [2.05, 4.69) is 5.32 Å². The third-order valence-electron chi connectivity index (χ3n) is 7.37. The van der Waals surface area contributed by atoms with Crippen molar-refractivity contribution in [1.82, 2.24) is 10.2 Å². The lowest BCUT2D eigenvalue weighted by molar-refractivity contribution is -0.156. The van der Waals surface area contributed by atoms with Crippen LogP contribution in [0.3, 0.4) is 0 Å². The SMILES string of the molecule is CCOC1CC(NC(=O)N(CCO[C@@H](C)c2ccccc2)C(C)c2cc(OC)c(C(C)=O)c(OC)c2)(C(=O)O)C1. The van der Waals surface area contributed by atoms with E-state index in [4.69, 9.17) is 18.9 Å². The zero-order valence-corrected chi connectivity index (χ0v) is 24.1. The molecule has 10 heteroatoms. The normalized spacial score (nSPS) is 19.6. The van der Waals surface area contributed by atoms with Crippen molar-refractivity contribution in [1.29, 1.82) is 0 Å². The summed E-state index contributed by atoms with van der Waals surface area (Å²) < 4.78 is 22.6. The molecule has 2 amide bonds. The summed E-state index contributed by atoms with van der Waals surface area (Å²) >= 11 is 0. The molecule has 1 fully saturated rings. The molecule has 2 aromatic rings. The number of Topliss-reactive ketones (excluding diaryl/α,β-unsaturated/α-hetero) is 1. The molecule has 0 bridgehead atoms. The predicted octanol–water partition coefficient (Wildman–Crippen LogP) is 4.78. The van der Waals surface area contributed by atoms with Crippen molar-refractivity contribution in [2.75, 3.05) is 34.0 Å². The molecule has 1 unspecified atom stereocenters. The number of aliphatic carboxylic acids is 1. The monoisotopic (exact) mass is 556 g/mol. The van der Waals surface area contributed by atoms with Crippen molar-refractivity contribution in [2.24, 2.45) is 0 Å². The van der Waals surface area contributed by atoms with E-state index in [1.807, 2.05) is 51.1 Å². The predicted molar refractivity (Wildman–Crippen MR) is 149 cm³/mol. The first-order valence-electron chi connectivity index (χ1n) is 13.4. The molecule has 1 aliphatic rings. The quantitative estimate of drug-likeness (QED) is 0.319. The maximum atomic E-state index is 13.7. The lowest BCUT2D eigenvalue weighted by Crippen LogP contribution is -2.66. The molecule has 2 N–H and O–H groups in total. The molecule has 0 saturated heterocycles. The second-order valence-corrected chi connectivity index (χ2v) is 9.95. The Morgan fingerprint density at radius 3 is 2.15 bits per heavy atom. The Hall–Kier alpha value is -3.63. The Kier molecular flexibility index (Phi) is 10.5. The van der Waals surface area contributed by atoms with Gasteiger partial charge in [-0.25, -0.2) is 9.59 Å². The van der Waals surface area contributed by atoms with Gasteiger partial charge in [-0.1, -0.05) is 30.3 Å². The van der Waals surface area contributed by atoms with Crippen LogP contribution in [0.25, 0.3) is 0 Å². The van der Waals surface area contributed by atoms with Gasteiger partial charge in [0.05, 0.1) is 39.1 Å². The fraction of sp³-hybridized carbons (Fsp3) is 0.500. The largest absolute Gasteiger partial charge is 0.496 e. The molecule has 1 saturated carbocycles. The molecule has 0 heterocycles. The van der Waals surface area contributed by atoms with Gasteiger partial charge in [0.25, 0.3) is 0 Å². The smallest absolute Gasteiger partial charge is 0.329 e. The number of carbonyl (C=O) groups is 3. The highest BCUT2D eigenvalue weighted by molar-refractivity contribution is 5.99. The van der Waals surface area contributed by atoms with E-state index in [1.54, 1.807) is 12.1 Å². The van der Waals surface area contributed by atoms with Gasteiger partial charge in [-0.2, -0.15) is 0 Å². The Labute approximate surface area is 235 Å². The van der Waals surface area contributed by atoms with Crippen LogP contribution in [0.2, 0.25) is 0 Å². The summed E-state index contributed by atoms with van der Waals surface area (Å²) in [5.41, 5.74) is 0.538. The van der Waals surface area contributed by atoms with E-state index in [0.29, 0.717) is 29.2 Å². The van der Waals surface area contributed by atoms with Gasteiger partial charge in [-0.3, -0.25) is 4.79 Å². The van der Waals surface area contributed by atoms with Gasteiger partial charge >= 0.3 is 12.0 Å². The summed E-state index contributed by atoms with van der Waals surface area (Å²) in [5.74, 6) is -0.678. The molecule has 2 aromatic carbocycles. The van der Waals surface area contributed by atoms with Crippen molar-refractivity contribution >= 4 is 17.8 Å². The highest BCUT2D eigenvalue weighted by Crippen LogP contribution is 2.37. The Morgan fingerprint density at radius 2 is 1.65 bits per heavy atom. The van der Waals surface area contributed by atoms with Crippen molar-refractivity contribution in [3.63, 3.8) is 0 Å². The maximum absolute atomic E-state index is 13.7. The first-order chi connectivity index (χ1) is 19.1. The summed E-state index contributed by atoms with van der Waals surface area (Å²) in [4.78, 5) is 39.7. The minimum absolute atomic E-state index is 0.174. The summed E-state index contributed by atoms with van der Waals surface area (Å²) in [5, 5.41) is 12.7. The molecular formula is C30H40N2O8. The van der Waals surface area contributed by atoms with Crippen LogP contribution in [0.1, 0.15) is 74.2 Å². The van der Waals surface area contributed by atoms with E-state index < -0.39 is 23.6 Å². The second-order valence-electron chi connectivity index (χ2n) is 9.95. The van der Waals surface area contributed by atoms with E-state index in [-0.39, 0.29) is 44.0 Å². The average molecular weight is 557 g/mol. The van der Waals surface area contributed by atoms with Crippen molar-refractivity contribution in [2.45, 2.75) is 64.3 Å². The maximum Gasteiger partial charge on any atom is 0.329 e. The van der Waals surface area contributed by atoms with Gasteiger partial charge in [0.15, 0.2) is 5.78 Å². The van der Waals surface area contributed by atoms with Gasteiger partial charge in [-0.05, 0) is 51.0 Å². The Balaban J connectivity index is 1.88. The number of ether oxygens (including phenoxy) is 4. The number of ketones is 1. The first-order valence-corrected chi connectivity index (χ1v) is 13.4. The van der Waals surface area contributed by atoms with Crippen LogP contribution in [0, 0.1) is 0 Å². The Bertz CT molecular complexity index is 1150. The second kappa shape index (κ2) is 13.6. The number of hydrogen-bond acceptors (Lipinski definition) is 7. The summed E-state index contributed by atoms with van der Waals surface area (Å²) in [7, 11) is 2.92. The molecule has 3 rings (SSSR count). The number of methoxy groups -OCH3 is 2. The van der Waals surface area contributed by atoms with Crippen molar-refractivity contribution < 1.29 is 38.4 Å². The summed E-state index contributed by atoms with van der Waals surface area (Å²) in [6.45, 7) is 7.87. The van der Waals surface area contributed by atoms with Gasteiger partial charge in [0, 0.05) is 26.0 Å². The molecular weight excluding hydrogens is 516 g/mol. The lowest BCUT2D eigenvalue weighted by atomic mass is 9.74. The van der Waals surface area contributed by atoms with Crippen molar-refractivity contribution in [3.8, 4) is 11.5 Å². The Morgan fingerprint density at radius 1 is 1.05 bits per heavy atom. The van der Waals surface area contributed by atoms with Crippen LogP contribution in [-0.4, -0.2) is 73.4 Å².